The molecule has 4 heterocycles. The Kier molecular flexibility index (Phi) is 3.68. The molecule has 30 heavy (non-hydrogen) atoms. The summed E-state index contributed by atoms with van der Waals surface area (Å²) in [5.74, 6) is -1.17. The molecule has 0 aliphatic carbocycles. The van der Waals surface area contributed by atoms with E-state index in [4.69, 9.17) is 0 Å². The predicted molar refractivity (Wildman–Crippen MR) is 106 cm³/mol. The first-order chi connectivity index (χ1) is 14.5. The number of amides is 2. The summed E-state index contributed by atoms with van der Waals surface area (Å²) in [7, 11) is 1.70. The lowest BCUT2D eigenvalue weighted by atomic mass is 10.0. The average Bonchev–Trinajstić information content (AvgIpc) is 3.23. The zero-order valence-corrected chi connectivity index (χ0v) is 15.5. The molecule has 0 N–H and O–H groups in total. The van der Waals surface area contributed by atoms with Gasteiger partial charge in [-0.25, -0.2) is 14.6 Å². The van der Waals surface area contributed by atoms with Crippen LogP contribution in [0.1, 0.15) is 20.7 Å². The van der Waals surface area contributed by atoms with Gasteiger partial charge in [0.15, 0.2) is 5.65 Å². The number of pyridine rings is 2. The lowest BCUT2D eigenvalue weighted by molar-refractivity contribution is -0.384. The molecule has 0 saturated carbocycles. The van der Waals surface area contributed by atoms with Crippen molar-refractivity contribution in [1.29, 1.82) is 0 Å². The minimum absolute atomic E-state index is 0.123. The standard InChI is InChI=1S/C20H12N6O4/c1-24-18-16(17(23-24)11-5-7-21-8-6-11)15-14(10-22-18)19(27)25(20(15)28)12-3-2-4-13(9-12)26(29)30/h2-10H,1H3. The normalized spacial score (nSPS) is 13.2. The molecule has 0 bridgehead atoms. The van der Waals surface area contributed by atoms with E-state index in [2.05, 4.69) is 15.1 Å². The van der Waals surface area contributed by atoms with E-state index in [1.807, 2.05) is 0 Å². The first-order valence-electron chi connectivity index (χ1n) is 8.86. The summed E-state index contributed by atoms with van der Waals surface area (Å²) in [5.41, 5.74) is 1.88. The van der Waals surface area contributed by atoms with Gasteiger partial charge in [0.25, 0.3) is 17.5 Å². The maximum atomic E-state index is 13.4. The molecule has 0 unspecified atom stereocenters. The molecule has 2 amide bonds. The summed E-state index contributed by atoms with van der Waals surface area (Å²) < 4.78 is 1.54. The van der Waals surface area contributed by atoms with Gasteiger partial charge >= 0.3 is 0 Å². The maximum Gasteiger partial charge on any atom is 0.271 e. The van der Waals surface area contributed by atoms with E-state index in [9.17, 15) is 19.7 Å². The molecular formula is C20H12N6O4. The summed E-state index contributed by atoms with van der Waals surface area (Å²) in [6.45, 7) is 0. The number of hydrogen-bond donors (Lipinski definition) is 0. The zero-order chi connectivity index (χ0) is 21.0. The fourth-order valence-electron chi connectivity index (χ4n) is 3.62. The number of nitro groups is 1. The van der Waals surface area contributed by atoms with Crippen LogP contribution in [0.5, 0.6) is 0 Å². The molecule has 10 heteroatoms. The van der Waals surface area contributed by atoms with Crippen molar-refractivity contribution in [2.24, 2.45) is 7.05 Å². The quantitative estimate of drug-likeness (QED) is 0.294. The Morgan fingerprint density at radius 2 is 1.83 bits per heavy atom. The molecular weight excluding hydrogens is 388 g/mol. The molecule has 1 aliphatic heterocycles. The van der Waals surface area contributed by atoms with E-state index >= 15 is 0 Å². The van der Waals surface area contributed by atoms with E-state index in [0.29, 0.717) is 16.7 Å². The largest absolute Gasteiger partial charge is 0.271 e. The van der Waals surface area contributed by atoms with Gasteiger partial charge in [0.1, 0.15) is 5.69 Å². The first-order valence-corrected chi connectivity index (χ1v) is 8.86. The van der Waals surface area contributed by atoms with E-state index in [0.717, 1.165) is 10.5 Å². The van der Waals surface area contributed by atoms with Gasteiger partial charge in [-0.15, -0.1) is 0 Å². The highest BCUT2D eigenvalue weighted by Gasteiger charge is 2.40. The number of aryl methyl sites for hydroxylation is 1. The van der Waals surface area contributed by atoms with Gasteiger partial charge in [-0.3, -0.25) is 24.7 Å². The minimum atomic E-state index is -0.588. The number of nitrogens with zero attached hydrogens (tertiary/aromatic N) is 6. The second kappa shape index (κ2) is 6.27. The molecule has 0 saturated heterocycles. The van der Waals surface area contributed by atoms with Gasteiger partial charge in [0, 0.05) is 43.3 Å². The fourth-order valence-corrected chi connectivity index (χ4v) is 3.62. The highest BCUT2D eigenvalue weighted by Crippen LogP contribution is 2.37. The van der Waals surface area contributed by atoms with Crippen LogP contribution in [0.25, 0.3) is 22.3 Å². The number of aromatic nitrogens is 4. The maximum absolute atomic E-state index is 13.4. The van der Waals surface area contributed by atoms with E-state index in [1.54, 1.807) is 36.3 Å². The Morgan fingerprint density at radius 1 is 1.07 bits per heavy atom. The lowest BCUT2D eigenvalue weighted by Gasteiger charge is -2.13. The van der Waals surface area contributed by atoms with E-state index in [-0.39, 0.29) is 22.5 Å². The fraction of sp³-hybridized carbons (Fsp3) is 0.0500. The second-order valence-electron chi connectivity index (χ2n) is 6.68. The third kappa shape index (κ3) is 2.40. The molecule has 1 aliphatic rings. The van der Waals surface area contributed by atoms with Crippen LogP contribution < -0.4 is 4.90 Å². The van der Waals surface area contributed by atoms with Crippen molar-refractivity contribution < 1.29 is 14.5 Å². The monoisotopic (exact) mass is 400 g/mol. The number of fused-ring (bicyclic) bond motifs is 3. The molecule has 4 aromatic rings. The number of benzene rings is 1. The predicted octanol–water partition coefficient (Wildman–Crippen LogP) is 2.74. The molecule has 0 spiro atoms. The molecule has 0 fully saturated rings. The van der Waals surface area contributed by atoms with Crippen molar-refractivity contribution in [3.05, 3.63) is 76.2 Å². The summed E-state index contributed by atoms with van der Waals surface area (Å²) in [6.07, 6.45) is 4.55. The molecule has 146 valence electrons. The smallest absolute Gasteiger partial charge is 0.268 e. The number of carbonyl (C=O) groups is 2. The van der Waals surface area contributed by atoms with Gasteiger partial charge < -0.3 is 0 Å². The number of hydrogen-bond acceptors (Lipinski definition) is 7. The Labute approximate surface area is 168 Å². The Morgan fingerprint density at radius 3 is 2.57 bits per heavy atom. The van der Waals surface area contributed by atoms with Crippen molar-refractivity contribution in [3.8, 4) is 11.3 Å². The SMILES string of the molecule is Cn1nc(-c2ccncc2)c2c3c(cnc21)C(=O)N(c1cccc([N+](=O)[O-])c1)C3=O. The van der Waals surface area contributed by atoms with Crippen LogP contribution in [0, 0.1) is 10.1 Å². The summed E-state index contributed by atoms with van der Waals surface area (Å²) in [5, 5.41) is 16.1. The molecule has 3 aromatic heterocycles. The summed E-state index contributed by atoms with van der Waals surface area (Å²) in [6, 6.07) is 8.90. The van der Waals surface area contributed by atoms with Crippen molar-refractivity contribution >= 4 is 34.2 Å². The number of non-ortho nitro benzene ring substituents is 1. The first kappa shape index (κ1) is 17.6. The number of imide groups is 1. The van der Waals surface area contributed by atoms with Crippen molar-refractivity contribution in [3.63, 3.8) is 0 Å². The molecule has 10 nitrogen and oxygen atoms in total. The zero-order valence-electron chi connectivity index (χ0n) is 15.5. The highest BCUT2D eigenvalue weighted by molar-refractivity contribution is 6.38. The number of nitro benzene ring substituents is 1. The van der Waals surface area contributed by atoms with Crippen molar-refractivity contribution in [2.75, 3.05) is 4.90 Å². The van der Waals surface area contributed by atoms with Crippen molar-refractivity contribution in [1.82, 2.24) is 19.7 Å². The van der Waals surface area contributed by atoms with Crippen LogP contribution in [0.3, 0.4) is 0 Å². The van der Waals surface area contributed by atoms with Crippen LogP contribution in [0.15, 0.2) is 55.0 Å². The Balaban J connectivity index is 1.74. The number of carbonyl (C=O) groups excluding carboxylic acids is 2. The Hall–Kier alpha value is -4.47. The molecule has 5 rings (SSSR count). The number of anilines is 1. The topological polar surface area (TPSA) is 124 Å². The van der Waals surface area contributed by atoms with Gasteiger partial charge in [0.05, 0.1) is 27.1 Å². The molecule has 1 aromatic carbocycles. The third-order valence-electron chi connectivity index (χ3n) is 4.96. The number of rotatable bonds is 3. The van der Waals surface area contributed by atoms with Gasteiger partial charge in [-0.05, 0) is 18.2 Å². The lowest BCUT2D eigenvalue weighted by Crippen LogP contribution is -2.29. The van der Waals surface area contributed by atoms with Crippen LogP contribution >= 0.6 is 0 Å². The molecule has 0 atom stereocenters. The van der Waals surface area contributed by atoms with Crippen LogP contribution in [0.2, 0.25) is 0 Å². The van der Waals surface area contributed by atoms with Crippen LogP contribution in [0.4, 0.5) is 11.4 Å². The second-order valence-corrected chi connectivity index (χ2v) is 6.68. The summed E-state index contributed by atoms with van der Waals surface area (Å²) >= 11 is 0. The third-order valence-corrected chi connectivity index (χ3v) is 4.96. The van der Waals surface area contributed by atoms with E-state index in [1.165, 1.54) is 30.5 Å². The summed E-state index contributed by atoms with van der Waals surface area (Å²) in [4.78, 5) is 46.2. The van der Waals surface area contributed by atoms with Gasteiger partial charge in [-0.1, -0.05) is 6.07 Å². The van der Waals surface area contributed by atoms with E-state index < -0.39 is 16.7 Å². The van der Waals surface area contributed by atoms with Gasteiger partial charge in [-0.2, -0.15) is 5.10 Å². The van der Waals surface area contributed by atoms with Crippen LogP contribution in [-0.4, -0.2) is 36.5 Å². The minimum Gasteiger partial charge on any atom is -0.268 e. The van der Waals surface area contributed by atoms with Crippen molar-refractivity contribution in [2.45, 2.75) is 0 Å². The highest BCUT2D eigenvalue weighted by atomic mass is 16.6. The average molecular weight is 400 g/mol. The van der Waals surface area contributed by atoms with Gasteiger partial charge in [0.2, 0.25) is 0 Å². The van der Waals surface area contributed by atoms with Crippen LogP contribution in [-0.2, 0) is 7.05 Å². The Bertz CT molecular complexity index is 1380. The molecule has 0 radical (unpaired) electrons.